The van der Waals surface area contributed by atoms with E-state index in [9.17, 15) is 4.79 Å². The Kier molecular flexibility index (Phi) is 6.45. The number of nitrogens with zero attached hydrogens (tertiary/aromatic N) is 4. The first-order valence-corrected chi connectivity index (χ1v) is 12.2. The van der Waals surface area contributed by atoms with E-state index in [0.29, 0.717) is 6.42 Å². The number of ether oxygens (including phenoxy) is 1. The number of aliphatic imine (C=N–C) groups is 1. The lowest BCUT2D eigenvalue weighted by Crippen LogP contribution is -2.53. The molecule has 2 aliphatic rings. The van der Waals surface area contributed by atoms with E-state index in [2.05, 4.69) is 66.1 Å². The Morgan fingerprint density at radius 3 is 2.20 bits per heavy atom. The summed E-state index contributed by atoms with van der Waals surface area (Å²) in [5.41, 5.74) is 5.46. The molecule has 2 aliphatic heterocycles. The van der Waals surface area contributed by atoms with Crippen LogP contribution in [0.2, 0.25) is 0 Å². The summed E-state index contributed by atoms with van der Waals surface area (Å²) in [6, 6.07) is 24.2. The van der Waals surface area contributed by atoms with Gasteiger partial charge in [-0.25, -0.2) is 9.89 Å². The number of methoxy groups -OCH3 is 1. The summed E-state index contributed by atoms with van der Waals surface area (Å²) in [5.74, 6) is 1.68. The highest BCUT2D eigenvalue weighted by Crippen LogP contribution is 2.28. The van der Waals surface area contributed by atoms with Crippen molar-refractivity contribution in [2.75, 3.05) is 43.1 Å². The summed E-state index contributed by atoms with van der Waals surface area (Å²) >= 11 is 0. The molecular formula is C29H32N4O2. The average Bonchev–Trinajstić information content (AvgIpc) is 3.20. The minimum atomic E-state index is -0.412. The zero-order valence-corrected chi connectivity index (χ0v) is 20.6. The number of anilines is 2. The van der Waals surface area contributed by atoms with Crippen molar-refractivity contribution in [2.24, 2.45) is 4.99 Å². The van der Waals surface area contributed by atoms with Crippen molar-refractivity contribution in [1.82, 2.24) is 4.90 Å². The first-order chi connectivity index (χ1) is 17.0. The Balaban J connectivity index is 1.40. The van der Waals surface area contributed by atoms with E-state index >= 15 is 0 Å². The molecular weight excluding hydrogens is 436 g/mol. The van der Waals surface area contributed by atoms with E-state index < -0.39 is 6.04 Å². The Hall–Kier alpha value is -3.80. The molecule has 1 saturated heterocycles. The van der Waals surface area contributed by atoms with Crippen LogP contribution < -0.4 is 14.5 Å². The summed E-state index contributed by atoms with van der Waals surface area (Å²) < 4.78 is 5.40. The van der Waals surface area contributed by atoms with Gasteiger partial charge in [0.25, 0.3) is 5.91 Å². The number of guanidine groups is 1. The molecule has 0 saturated carbocycles. The highest BCUT2D eigenvalue weighted by Gasteiger charge is 2.39. The van der Waals surface area contributed by atoms with Gasteiger partial charge >= 0.3 is 0 Å². The molecule has 3 aromatic carbocycles. The second-order valence-corrected chi connectivity index (χ2v) is 9.33. The summed E-state index contributed by atoms with van der Waals surface area (Å²) in [4.78, 5) is 25.2. The second kappa shape index (κ2) is 9.82. The third-order valence-corrected chi connectivity index (χ3v) is 6.69. The molecule has 1 fully saturated rings. The maximum absolute atomic E-state index is 13.7. The van der Waals surface area contributed by atoms with E-state index in [4.69, 9.17) is 9.73 Å². The minimum Gasteiger partial charge on any atom is -0.497 e. The van der Waals surface area contributed by atoms with Crippen LogP contribution in [0.15, 0.2) is 77.8 Å². The molecule has 1 amide bonds. The van der Waals surface area contributed by atoms with Gasteiger partial charge in [0, 0.05) is 44.4 Å². The predicted molar refractivity (Wildman–Crippen MR) is 142 cm³/mol. The van der Waals surface area contributed by atoms with Crippen LogP contribution in [0, 0.1) is 13.8 Å². The molecule has 0 radical (unpaired) electrons. The Labute approximate surface area is 207 Å². The van der Waals surface area contributed by atoms with Gasteiger partial charge in [-0.1, -0.05) is 42.5 Å². The number of carbonyl (C=O) groups is 1. The number of carbonyl (C=O) groups excluding carboxylic acids is 1. The van der Waals surface area contributed by atoms with Crippen molar-refractivity contribution in [2.45, 2.75) is 26.3 Å². The van der Waals surface area contributed by atoms with Gasteiger partial charge in [0.05, 0.1) is 12.8 Å². The third kappa shape index (κ3) is 4.87. The van der Waals surface area contributed by atoms with E-state index in [-0.39, 0.29) is 5.91 Å². The van der Waals surface area contributed by atoms with Crippen LogP contribution >= 0.6 is 0 Å². The molecule has 0 spiro atoms. The number of rotatable bonds is 5. The van der Waals surface area contributed by atoms with E-state index in [1.165, 1.54) is 0 Å². The minimum absolute atomic E-state index is 0.0454. The van der Waals surface area contributed by atoms with Gasteiger partial charge in [0.1, 0.15) is 11.8 Å². The zero-order valence-electron chi connectivity index (χ0n) is 20.6. The van der Waals surface area contributed by atoms with Crippen molar-refractivity contribution >= 4 is 23.2 Å². The summed E-state index contributed by atoms with van der Waals surface area (Å²) in [7, 11) is 1.69. The Bertz CT molecular complexity index is 1210. The van der Waals surface area contributed by atoms with Gasteiger partial charge in [-0.05, 0) is 54.8 Å². The zero-order chi connectivity index (χ0) is 24.4. The van der Waals surface area contributed by atoms with Gasteiger partial charge in [0.2, 0.25) is 5.96 Å². The molecule has 1 atom stereocenters. The maximum Gasteiger partial charge on any atom is 0.259 e. The largest absolute Gasteiger partial charge is 0.497 e. The van der Waals surface area contributed by atoms with Crippen LogP contribution in [0.4, 0.5) is 11.4 Å². The second-order valence-electron chi connectivity index (χ2n) is 9.33. The molecule has 180 valence electrons. The fraction of sp³-hybridized carbons (Fsp3) is 0.310. The van der Waals surface area contributed by atoms with Crippen molar-refractivity contribution < 1.29 is 9.53 Å². The van der Waals surface area contributed by atoms with Crippen molar-refractivity contribution in [1.29, 1.82) is 0 Å². The first kappa shape index (κ1) is 23.0. The SMILES string of the molecule is COc1cccc(N2CCN(C3=NC(Cc4ccccc4)C(=O)N3c3cc(C)cc(C)c3)CC2)c1. The monoisotopic (exact) mass is 468 g/mol. The van der Waals surface area contributed by atoms with Crippen molar-refractivity contribution in [3.63, 3.8) is 0 Å². The lowest BCUT2D eigenvalue weighted by Gasteiger charge is -2.38. The molecule has 1 unspecified atom stereocenters. The fourth-order valence-corrected chi connectivity index (χ4v) is 4.99. The summed E-state index contributed by atoms with van der Waals surface area (Å²) in [6.45, 7) is 7.44. The van der Waals surface area contributed by atoms with Crippen LogP contribution in [-0.2, 0) is 11.2 Å². The van der Waals surface area contributed by atoms with Gasteiger partial charge < -0.3 is 14.5 Å². The summed E-state index contributed by atoms with van der Waals surface area (Å²) in [6.07, 6.45) is 0.605. The number of amides is 1. The standard InChI is InChI=1S/C29H32N4O2/c1-21-16-22(2)18-25(17-21)33-28(34)27(19-23-8-5-4-6-9-23)30-29(33)32-14-12-31(13-15-32)24-10-7-11-26(20-24)35-3/h4-11,16-18,20,27H,12-15,19H2,1-3H3. The molecule has 3 aromatic rings. The number of piperazine rings is 1. The number of benzene rings is 3. The van der Waals surface area contributed by atoms with E-state index in [1.807, 2.05) is 35.2 Å². The molecule has 0 bridgehead atoms. The van der Waals surface area contributed by atoms with Gasteiger partial charge in [-0.2, -0.15) is 0 Å². The third-order valence-electron chi connectivity index (χ3n) is 6.69. The van der Waals surface area contributed by atoms with E-state index in [1.54, 1.807) is 7.11 Å². The topological polar surface area (TPSA) is 48.4 Å². The van der Waals surface area contributed by atoms with Crippen molar-refractivity contribution in [3.8, 4) is 5.75 Å². The molecule has 5 rings (SSSR count). The van der Waals surface area contributed by atoms with Crippen LogP contribution in [0.5, 0.6) is 5.75 Å². The fourth-order valence-electron chi connectivity index (χ4n) is 4.99. The van der Waals surface area contributed by atoms with Crippen molar-refractivity contribution in [3.05, 3.63) is 89.5 Å². The molecule has 2 heterocycles. The number of aryl methyl sites for hydroxylation is 2. The maximum atomic E-state index is 13.7. The van der Waals surface area contributed by atoms with Crippen LogP contribution in [0.3, 0.4) is 0 Å². The smallest absolute Gasteiger partial charge is 0.259 e. The molecule has 0 aromatic heterocycles. The van der Waals surface area contributed by atoms with Gasteiger partial charge in [-0.15, -0.1) is 0 Å². The quantitative estimate of drug-likeness (QED) is 0.555. The van der Waals surface area contributed by atoms with E-state index in [0.717, 1.165) is 66.0 Å². The Morgan fingerprint density at radius 2 is 1.51 bits per heavy atom. The highest BCUT2D eigenvalue weighted by atomic mass is 16.5. The van der Waals surface area contributed by atoms with Crippen LogP contribution in [0.1, 0.15) is 16.7 Å². The van der Waals surface area contributed by atoms with Crippen LogP contribution in [-0.4, -0.2) is 56.1 Å². The van der Waals surface area contributed by atoms with Gasteiger partial charge in [-0.3, -0.25) is 4.79 Å². The van der Waals surface area contributed by atoms with Gasteiger partial charge in [0.15, 0.2) is 0 Å². The molecule has 0 N–H and O–H groups in total. The normalized spacial score (nSPS) is 18.1. The number of hydrogen-bond acceptors (Lipinski definition) is 5. The lowest BCUT2D eigenvalue weighted by molar-refractivity contribution is -0.118. The lowest BCUT2D eigenvalue weighted by atomic mass is 10.1. The molecule has 35 heavy (non-hydrogen) atoms. The first-order valence-electron chi connectivity index (χ1n) is 12.2. The molecule has 6 nitrogen and oxygen atoms in total. The molecule has 6 heteroatoms. The summed E-state index contributed by atoms with van der Waals surface area (Å²) in [5, 5.41) is 0. The predicted octanol–water partition coefficient (Wildman–Crippen LogP) is 4.45. The molecule has 0 aliphatic carbocycles. The average molecular weight is 469 g/mol. The Morgan fingerprint density at radius 1 is 0.829 bits per heavy atom. The highest BCUT2D eigenvalue weighted by molar-refractivity contribution is 6.22. The van der Waals surface area contributed by atoms with Crippen LogP contribution in [0.25, 0.3) is 0 Å². The number of hydrogen-bond donors (Lipinski definition) is 0.